The molecule has 0 saturated heterocycles. The highest BCUT2D eigenvalue weighted by atomic mass is 16.4. The Balaban J connectivity index is 2.17. The van der Waals surface area contributed by atoms with Gasteiger partial charge in [0.15, 0.2) is 0 Å². The molecule has 1 heterocycles. The molecular formula is C11H19N5O3. The number of hydrogen-bond acceptors (Lipinski definition) is 4. The highest BCUT2D eigenvalue weighted by Crippen LogP contribution is 1.96. The van der Waals surface area contributed by atoms with Crippen molar-refractivity contribution in [3.05, 3.63) is 12.2 Å². The third-order valence-electron chi connectivity index (χ3n) is 2.52. The molecule has 0 radical (unpaired) electrons. The van der Waals surface area contributed by atoms with Gasteiger partial charge in [-0.25, -0.2) is 14.6 Å². The number of carboxylic acid groups (broad SMARTS) is 1. The minimum atomic E-state index is -1.02. The van der Waals surface area contributed by atoms with E-state index >= 15 is 0 Å². The van der Waals surface area contributed by atoms with Crippen LogP contribution in [0.3, 0.4) is 0 Å². The number of carbonyl (C=O) groups excluding carboxylic acids is 1. The fourth-order valence-electron chi connectivity index (χ4n) is 1.56. The molecule has 1 aromatic rings. The van der Waals surface area contributed by atoms with Gasteiger partial charge in [0.25, 0.3) is 0 Å². The highest BCUT2D eigenvalue weighted by molar-refractivity contribution is 5.82. The van der Waals surface area contributed by atoms with Crippen molar-refractivity contribution in [2.24, 2.45) is 0 Å². The summed E-state index contributed by atoms with van der Waals surface area (Å²) < 4.78 is 0. The summed E-state index contributed by atoms with van der Waals surface area (Å²) in [6, 6.07) is -1.29. The van der Waals surface area contributed by atoms with E-state index in [-0.39, 0.29) is 0 Å². The molecule has 0 bridgehead atoms. The molecule has 0 saturated carbocycles. The van der Waals surface area contributed by atoms with E-state index in [1.165, 1.54) is 6.33 Å². The van der Waals surface area contributed by atoms with E-state index in [1.807, 2.05) is 6.92 Å². The Labute approximate surface area is 111 Å². The van der Waals surface area contributed by atoms with Crippen LogP contribution in [0.25, 0.3) is 0 Å². The summed E-state index contributed by atoms with van der Waals surface area (Å²) in [5, 5.41) is 20.4. The molecule has 4 N–H and O–H groups in total. The van der Waals surface area contributed by atoms with Crippen LogP contribution in [-0.4, -0.2) is 44.9 Å². The molecule has 0 aliphatic carbocycles. The van der Waals surface area contributed by atoms with E-state index in [1.54, 1.807) is 0 Å². The molecule has 2 amide bonds. The van der Waals surface area contributed by atoms with E-state index in [9.17, 15) is 9.59 Å². The van der Waals surface area contributed by atoms with E-state index in [0.717, 1.165) is 5.82 Å². The number of aryl methyl sites for hydroxylation is 1. The summed E-state index contributed by atoms with van der Waals surface area (Å²) in [6.07, 6.45) is 3.92. The lowest BCUT2D eigenvalue weighted by molar-refractivity contribution is -0.139. The lowest BCUT2D eigenvalue weighted by atomic mass is 10.2. The first-order valence-corrected chi connectivity index (χ1v) is 6.25. The van der Waals surface area contributed by atoms with Gasteiger partial charge in [-0.1, -0.05) is 13.3 Å². The van der Waals surface area contributed by atoms with Crippen molar-refractivity contribution in [1.29, 1.82) is 0 Å². The summed E-state index contributed by atoms with van der Waals surface area (Å²) in [7, 11) is 0. The minimum Gasteiger partial charge on any atom is -0.480 e. The fraction of sp³-hybridized carbons (Fsp3) is 0.636. The summed E-state index contributed by atoms with van der Waals surface area (Å²) >= 11 is 0. The average Bonchev–Trinajstić information content (AvgIpc) is 2.87. The van der Waals surface area contributed by atoms with Crippen molar-refractivity contribution in [3.8, 4) is 0 Å². The van der Waals surface area contributed by atoms with Gasteiger partial charge in [0.05, 0.1) is 0 Å². The Kier molecular flexibility index (Phi) is 6.34. The molecule has 0 aromatic carbocycles. The first-order valence-electron chi connectivity index (χ1n) is 6.25. The smallest absolute Gasteiger partial charge is 0.326 e. The van der Waals surface area contributed by atoms with Crippen molar-refractivity contribution in [2.75, 3.05) is 6.54 Å². The van der Waals surface area contributed by atoms with Gasteiger partial charge in [-0.05, 0) is 12.8 Å². The number of H-pyrrole nitrogens is 1. The van der Waals surface area contributed by atoms with Crippen LogP contribution in [0.15, 0.2) is 6.33 Å². The largest absolute Gasteiger partial charge is 0.480 e. The number of aliphatic carboxylic acids is 1. The van der Waals surface area contributed by atoms with Crippen molar-refractivity contribution in [3.63, 3.8) is 0 Å². The predicted octanol–water partition coefficient (Wildman–Crippen LogP) is 0.290. The van der Waals surface area contributed by atoms with Crippen LogP contribution >= 0.6 is 0 Å². The number of nitrogens with one attached hydrogen (secondary N) is 3. The predicted molar refractivity (Wildman–Crippen MR) is 67.6 cm³/mol. The second-order valence-corrected chi connectivity index (χ2v) is 4.12. The Morgan fingerprint density at radius 2 is 2.32 bits per heavy atom. The van der Waals surface area contributed by atoms with Crippen LogP contribution in [-0.2, 0) is 11.2 Å². The number of carbonyl (C=O) groups is 2. The normalized spacial score (nSPS) is 11.8. The van der Waals surface area contributed by atoms with Crippen LogP contribution in [0, 0.1) is 0 Å². The molecule has 106 valence electrons. The zero-order chi connectivity index (χ0) is 14.1. The lowest BCUT2D eigenvalue weighted by Crippen LogP contribution is -2.46. The number of hydrogen-bond donors (Lipinski definition) is 4. The molecule has 8 nitrogen and oxygen atoms in total. The monoisotopic (exact) mass is 269 g/mol. The summed E-state index contributed by atoms with van der Waals surface area (Å²) in [6.45, 7) is 2.32. The van der Waals surface area contributed by atoms with E-state index in [4.69, 9.17) is 5.11 Å². The number of carboxylic acids is 1. The third-order valence-corrected chi connectivity index (χ3v) is 2.52. The second-order valence-electron chi connectivity index (χ2n) is 4.12. The van der Waals surface area contributed by atoms with Gasteiger partial charge in [-0.3, -0.25) is 5.10 Å². The zero-order valence-corrected chi connectivity index (χ0v) is 10.8. The molecule has 1 rings (SSSR count). The van der Waals surface area contributed by atoms with Crippen molar-refractivity contribution < 1.29 is 14.7 Å². The Bertz CT molecular complexity index is 393. The summed E-state index contributed by atoms with van der Waals surface area (Å²) in [5.41, 5.74) is 0. The molecule has 0 aliphatic heterocycles. The molecule has 8 heteroatoms. The van der Waals surface area contributed by atoms with Crippen LogP contribution < -0.4 is 10.6 Å². The number of nitrogens with zero attached hydrogens (tertiary/aromatic N) is 2. The van der Waals surface area contributed by atoms with Crippen molar-refractivity contribution in [1.82, 2.24) is 25.8 Å². The first kappa shape index (κ1) is 14.9. The van der Waals surface area contributed by atoms with E-state index in [2.05, 4.69) is 25.8 Å². The molecule has 1 atom stereocenters. The van der Waals surface area contributed by atoms with Crippen LogP contribution in [0.1, 0.15) is 32.0 Å². The van der Waals surface area contributed by atoms with Crippen LogP contribution in [0.4, 0.5) is 4.79 Å². The molecule has 0 fully saturated rings. The first-order chi connectivity index (χ1) is 9.13. The van der Waals surface area contributed by atoms with Gasteiger partial charge in [-0.2, -0.15) is 5.10 Å². The molecule has 0 spiro atoms. The number of aromatic amines is 1. The maximum Gasteiger partial charge on any atom is 0.326 e. The standard InChI is InChI=1S/C11H19N5O3/c1-2-4-8(10(17)18)15-11(19)12-6-3-5-9-13-7-14-16-9/h7-8H,2-6H2,1H3,(H,17,18)(H2,12,15,19)(H,13,14,16). The quantitative estimate of drug-likeness (QED) is 0.505. The second kappa shape index (κ2) is 8.06. The van der Waals surface area contributed by atoms with Crippen LogP contribution in [0.5, 0.6) is 0 Å². The Morgan fingerprint density at radius 3 is 2.89 bits per heavy atom. The Morgan fingerprint density at radius 1 is 1.53 bits per heavy atom. The summed E-state index contributed by atoms with van der Waals surface area (Å²) in [5.74, 6) is -0.254. The third kappa shape index (κ3) is 5.84. The van der Waals surface area contributed by atoms with Crippen molar-refractivity contribution >= 4 is 12.0 Å². The average molecular weight is 269 g/mol. The summed E-state index contributed by atoms with van der Waals surface area (Å²) in [4.78, 5) is 26.3. The molecular weight excluding hydrogens is 250 g/mol. The number of urea groups is 1. The van der Waals surface area contributed by atoms with Gasteiger partial charge < -0.3 is 15.7 Å². The van der Waals surface area contributed by atoms with Crippen LogP contribution in [0.2, 0.25) is 0 Å². The van der Waals surface area contributed by atoms with E-state index < -0.39 is 18.0 Å². The Hall–Kier alpha value is -2.12. The van der Waals surface area contributed by atoms with Gasteiger partial charge in [0.2, 0.25) is 0 Å². The molecule has 1 aromatic heterocycles. The molecule has 19 heavy (non-hydrogen) atoms. The number of amides is 2. The van der Waals surface area contributed by atoms with Gasteiger partial charge in [-0.15, -0.1) is 0 Å². The zero-order valence-electron chi connectivity index (χ0n) is 10.8. The lowest BCUT2D eigenvalue weighted by Gasteiger charge is -2.14. The van der Waals surface area contributed by atoms with E-state index in [0.29, 0.717) is 32.2 Å². The number of aromatic nitrogens is 3. The maximum atomic E-state index is 11.5. The van der Waals surface area contributed by atoms with Gasteiger partial charge >= 0.3 is 12.0 Å². The van der Waals surface area contributed by atoms with Crippen molar-refractivity contribution in [2.45, 2.75) is 38.6 Å². The molecule has 1 unspecified atom stereocenters. The highest BCUT2D eigenvalue weighted by Gasteiger charge is 2.18. The minimum absolute atomic E-state index is 0.417. The fourth-order valence-corrected chi connectivity index (χ4v) is 1.56. The number of rotatable bonds is 8. The SMILES string of the molecule is CCCC(NC(=O)NCCCc1ncn[nH]1)C(=O)O. The van der Waals surface area contributed by atoms with Gasteiger partial charge in [0.1, 0.15) is 18.2 Å². The maximum absolute atomic E-state index is 11.5. The van der Waals surface area contributed by atoms with Gasteiger partial charge in [0, 0.05) is 13.0 Å². The molecule has 0 aliphatic rings. The topological polar surface area (TPSA) is 120 Å².